The minimum atomic E-state index is -6.25. The number of carbonyl (C=O) groups excluding carboxylic acids is 2. The summed E-state index contributed by atoms with van der Waals surface area (Å²) >= 11 is 0. The van der Waals surface area contributed by atoms with E-state index in [1.165, 1.54) is 23.5 Å². The van der Waals surface area contributed by atoms with E-state index in [9.17, 15) is 49.1 Å². The van der Waals surface area contributed by atoms with Crippen LogP contribution in [0.15, 0.2) is 22.6 Å². The van der Waals surface area contributed by atoms with Crippen LogP contribution in [0.2, 0.25) is 0 Å². The molecule has 1 aromatic carbocycles. The van der Waals surface area contributed by atoms with Crippen LogP contribution in [0.4, 0.5) is 39.5 Å². The number of nitrogens with zero attached hydrogens (tertiary/aromatic N) is 3. The minimum Gasteiger partial charge on any atom is -0.415 e. The maximum atomic E-state index is 14.0. The van der Waals surface area contributed by atoms with Crippen LogP contribution >= 0.6 is 0 Å². The summed E-state index contributed by atoms with van der Waals surface area (Å²) in [6.07, 6.45) is -11.9. The Morgan fingerprint density at radius 2 is 1.86 bits per heavy atom. The maximum absolute atomic E-state index is 14.0. The normalized spacial score (nSPS) is 22.2. The van der Waals surface area contributed by atoms with Gasteiger partial charge in [-0.25, -0.2) is 8.78 Å². The van der Waals surface area contributed by atoms with Gasteiger partial charge < -0.3 is 14.6 Å². The molecule has 7 nitrogen and oxygen atoms in total. The molecule has 1 fully saturated rings. The highest BCUT2D eigenvalue weighted by molar-refractivity contribution is 5.99. The molecule has 4 rings (SSSR count). The van der Waals surface area contributed by atoms with Gasteiger partial charge in [0.25, 0.3) is 11.8 Å². The molecule has 2 aliphatic rings. The highest BCUT2D eigenvalue weighted by atomic mass is 19.4. The topological polar surface area (TPSA) is 88.3 Å². The molecule has 1 saturated carbocycles. The summed E-state index contributed by atoms with van der Waals surface area (Å²) in [5.74, 6) is -14.2. The summed E-state index contributed by atoms with van der Waals surface area (Å²) in [4.78, 5) is 25.7. The molecule has 16 heteroatoms. The number of aromatic nitrogens is 2. The Morgan fingerprint density at radius 3 is 2.47 bits per heavy atom. The largest absolute Gasteiger partial charge is 0.463 e. The number of hydrogen-bond acceptors (Lipinski definition) is 5. The average Bonchev–Trinajstić information content (AvgIpc) is 3.38. The first-order chi connectivity index (χ1) is 16.6. The lowest BCUT2D eigenvalue weighted by Gasteiger charge is -2.41. The second-order valence-electron chi connectivity index (χ2n) is 8.37. The van der Waals surface area contributed by atoms with Gasteiger partial charge in [0, 0.05) is 30.5 Å². The first-order valence-electron chi connectivity index (χ1n) is 10.3. The Bertz CT molecular complexity index is 1180. The van der Waals surface area contributed by atoms with Crippen LogP contribution in [-0.4, -0.2) is 57.0 Å². The zero-order valence-electron chi connectivity index (χ0n) is 17.8. The molecule has 1 N–H and O–H groups in total. The number of rotatable bonds is 5. The summed E-state index contributed by atoms with van der Waals surface area (Å²) in [7, 11) is 0. The summed E-state index contributed by atoms with van der Waals surface area (Å²) in [6.45, 7) is -0.223. The van der Waals surface area contributed by atoms with Crippen molar-refractivity contribution in [2.75, 3.05) is 0 Å². The Morgan fingerprint density at radius 1 is 1.17 bits per heavy atom. The Balaban J connectivity index is 1.58. The molecule has 1 aromatic heterocycles. The zero-order valence-corrected chi connectivity index (χ0v) is 17.8. The zero-order chi connectivity index (χ0) is 26.6. The Kier molecular flexibility index (Phi) is 6.19. The number of fused-ring (bicyclic) bond motifs is 1. The van der Waals surface area contributed by atoms with Gasteiger partial charge in [-0.05, 0) is 24.1 Å². The van der Waals surface area contributed by atoms with E-state index in [0.717, 1.165) is 4.90 Å². The molecule has 2 aromatic rings. The van der Waals surface area contributed by atoms with Gasteiger partial charge in [-0.15, -0.1) is 10.2 Å². The first kappa shape index (κ1) is 25.8. The molecular weight excluding hydrogens is 515 g/mol. The third-order valence-corrected chi connectivity index (χ3v) is 5.96. The van der Waals surface area contributed by atoms with Crippen LogP contribution in [0.3, 0.4) is 0 Å². The Labute approximate surface area is 195 Å². The van der Waals surface area contributed by atoms with Crippen LogP contribution in [0, 0.1) is 0 Å². The third-order valence-electron chi connectivity index (χ3n) is 5.96. The molecular formula is C20H15F9N4O3. The molecule has 0 spiro atoms. The molecule has 0 radical (unpaired) electrons. The van der Waals surface area contributed by atoms with Crippen molar-refractivity contribution in [2.45, 2.75) is 62.3 Å². The van der Waals surface area contributed by atoms with E-state index in [-0.39, 0.29) is 23.6 Å². The number of hydrogen-bond donors (Lipinski definition) is 1. The number of amides is 2. The van der Waals surface area contributed by atoms with Crippen LogP contribution in [0.25, 0.3) is 11.5 Å². The quantitative estimate of drug-likeness (QED) is 0.576. The first-order valence-corrected chi connectivity index (χ1v) is 10.3. The Hall–Kier alpha value is -3.33. The van der Waals surface area contributed by atoms with Crippen molar-refractivity contribution in [3.8, 4) is 11.5 Å². The highest BCUT2D eigenvalue weighted by Gasteiger charge is 2.64. The van der Waals surface area contributed by atoms with Crippen molar-refractivity contribution < 1.29 is 53.5 Å². The molecule has 1 unspecified atom stereocenters. The fourth-order valence-electron chi connectivity index (χ4n) is 4.19. The molecule has 2 heterocycles. The number of nitrogens with one attached hydrogen (secondary N) is 1. The van der Waals surface area contributed by atoms with E-state index < -0.39 is 73.5 Å². The predicted octanol–water partition coefficient (Wildman–Crippen LogP) is 4.50. The van der Waals surface area contributed by atoms with Gasteiger partial charge in [-0.1, -0.05) is 6.07 Å². The van der Waals surface area contributed by atoms with Crippen molar-refractivity contribution in [3.05, 3.63) is 35.2 Å². The fraction of sp³-hybridized carbons (Fsp3) is 0.500. The molecule has 196 valence electrons. The van der Waals surface area contributed by atoms with Crippen molar-refractivity contribution in [1.82, 2.24) is 20.4 Å². The third kappa shape index (κ3) is 4.59. The van der Waals surface area contributed by atoms with Crippen molar-refractivity contribution in [3.63, 3.8) is 0 Å². The van der Waals surface area contributed by atoms with Gasteiger partial charge in [0.05, 0.1) is 12.1 Å². The summed E-state index contributed by atoms with van der Waals surface area (Å²) in [5.41, 5.74) is 0.390. The fourth-order valence-corrected chi connectivity index (χ4v) is 4.19. The number of halogens is 9. The molecule has 1 aliphatic carbocycles. The van der Waals surface area contributed by atoms with Crippen LogP contribution in [-0.2, 0) is 11.3 Å². The molecule has 36 heavy (non-hydrogen) atoms. The molecule has 0 saturated heterocycles. The van der Waals surface area contributed by atoms with Gasteiger partial charge in [-0.2, -0.15) is 30.7 Å². The van der Waals surface area contributed by atoms with E-state index in [1.54, 1.807) is 0 Å². The summed E-state index contributed by atoms with van der Waals surface area (Å²) in [6, 6.07) is 0.726. The maximum Gasteiger partial charge on any atom is 0.463 e. The van der Waals surface area contributed by atoms with Crippen LogP contribution in [0.5, 0.6) is 0 Å². The monoisotopic (exact) mass is 530 g/mol. The van der Waals surface area contributed by atoms with E-state index >= 15 is 0 Å². The molecule has 2 atom stereocenters. The number of benzene rings is 1. The van der Waals surface area contributed by atoms with Crippen molar-refractivity contribution in [1.29, 1.82) is 0 Å². The summed E-state index contributed by atoms with van der Waals surface area (Å²) < 4.78 is 123. The second kappa shape index (κ2) is 8.65. The van der Waals surface area contributed by atoms with Gasteiger partial charge in [0.1, 0.15) is 0 Å². The van der Waals surface area contributed by atoms with Crippen molar-refractivity contribution >= 4 is 11.8 Å². The van der Waals surface area contributed by atoms with Crippen LogP contribution < -0.4 is 5.32 Å². The van der Waals surface area contributed by atoms with Crippen molar-refractivity contribution in [2.24, 2.45) is 0 Å². The van der Waals surface area contributed by atoms with E-state index in [4.69, 9.17) is 4.42 Å². The van der Waals surface area contributed by atoms with Gasteiger partial charge in [0.2, 0.25) is 11.8 Å². The van der Waals surface area contributed by atoms with E-state index in [2.05, 4.69) is 10.2 Å². The minimum absolute atomic E-state index is 0.0210. The lowest BCUT2D eigenvalue weighted by Crippen LogP contribution is -2.61. The van der Waals surface area contributed by atoms with Crippen LogP contribution in [0.1, 0.15) is 47.5 Å². The lowest BCUT2D eigenvalue weighted by atomic mass is 9.86. The number of carbonyl (C=O) groups is 2. The van der Waals surface area contributed by atoms with Gasteiger partial charge >= 0.3 is 24.4 Å². The predicted molar refractivity (Wildman–Crippen MR) is 100 cm³/mol. The second-order valence-corrected chi connectivity index (χ2v) is 8.37. The highest BCUT2D eigenvalue weighted by Crippen LogP contribution is 2.40. The average molecular weight is 530 g/mol. The van der Waals surface area contributed by atoms with Gasteiger partial charge in [0.15, 0.2) is 0 Å². The molecule has 0 bridgehead atoms. The molecule has 1 aliphatic heterocycles. The summed E-state index contributed by atoms with van der Waals surface area (Å²) in [5, 5.41) is 7.98. The smallest absolute Gasteiger partial charge is 0.415 e. The van der Waals surface area contributed by atoms with Gasteiger partial charge in [-0.3, -0.25) is 9.59 Å². The van der Waals surface area contributed by atoms with E-state index in [1.807, 2.05) is 0 Å². The molecule has 2 amide bonds. The standard InChI is InChI=1S/C20H15F9N4O3/c21-13(22)15-32-31-14(36-15)8-1-2-9-7-33(16(34)10(9)5-8)12-3-4-18(23,24)6-11(12)30-17(35)19(25,26)20(27,28)29/h1-2,5,11-13H,3-4,6-7H2,(H,30,35)/t11-,12?/m1/s1. The SMILES string of the molecule is O=C1c2cc(-c3nnc(C(F)F)o3)ccc2CN1C1CCC(F)(F)C[C@H]1NC(=O)C(F)(F)C(F)(F)F. The lowest BCUT2D eigenvalue weighted by molar-refractivity contribution is -0.270. The number of alkyl halides is 9. The van der Waals surface area contributed by atoms with E-state index in [0.29, 0.717) is 5.56 Å².